The van der Waals surface area contributed by atoms with Gasteiger partial charge in [0.15, 0.2) is 0 Å². The first kappa shape index (κ1) is 4.57. The Bertz CT molecular complexity index is 80.4. The quantitative estimate of drug-likeness (QED) is 0.432. The average Bonchev–Trinajstić information content (AvgIpc) is 1.90. The Morgan fingerprint density at radius 3 is 3.57 bits per heavy atom. The van der Waals surface area contributed by atoms with Crippen molar-refractivity contribution in [3.05, 3.63) is 12.3 Å². The Kier molecular flexibility index (Phi) is 1.67. The predicted molar refractivity (Wildman–Crippen MR) is 30.4 cm³/mol. The van der Waals surface area contributed by atoms with Crippen LogP contribution in [0.5, 0.6) is 0 Å². The Morgan fingerprint density at radius 1 is 1.57 bits per heavy atom. The summed E-state index contributed by atoms with van der Waals surface area (Å²) in [5.41, 5.74) is 0. The van der Waals surface area contributed by atoms with Gasteiger partial charge >= 0.3 is 0 Å². The van der Waals surface area contributed by atoms with Crippen LogP contribution in [0.2, 0.25) is 0 Å². The van der Waals surface area contributed by atoms with Crippen LogP contribution in [0, 0.1) is 0 Å². The van der Waals surface area contributed by atoms with Gasteiger partial charge in [-0.1, -0.05) is 6.08 Å². The maximum absolute atomic E-state index is 3.84. The van der Waals surface area contributed by atoms with Gasteiger partial charge in [-0.15, -0.1) is 0 Å². The lowest BCUT2D eigenvalue weighted by molar-refractivity contribution is 0.911. The third kappa shape index (κ3) is 1.53. The lowest BCUT2D eigenvalue weighted by atomic mass is 10.3. The SMILES string of the molecule is [C]1=NC=CCCC1. The second kappa shape index (κ2) is 2.56. The molecule has 0 N–H and O–H groups in total. The van der Waals surface area contributed by atoms with Crippen molar-refractivity contribution in [1.29, 1.82) is 0 Å². The van der Waals surface area contributed by atoms with Crippen molar-refractivity contribution < 1.29 is 0 Å². The predicted octanol–water partition coefficient (Wildman–Crippen LogP) is 1.63. The second-order valence-corrected chi connectivity index (χ2v) is 1.56. The van der Waals surface area contributed by atoms with Crippen molar-refractivity contribution >= 4 is 6.21 Å². The number of hydrogen-bond donors (Lipinski definition) is 0. The van der Waals surface area contributed by atoms with Crippen molar-refractivity contribution in [1.82, 2.24) is 0 Å². The Hall–Kier alpha value is -0.590. The molecule has 0 aromatic heterocycles. The molecule has 37 valence electrons. The van der Waals surface area contributed by atoms with E-state index in [1.54, 1.807) is 0 Å². The van der Waals surface area contributed by atoms with Crippen LogP contribution in [0.25, 0.3) is 0 Å². The molecule has 1 aliphatic rings. The normalized spacial score (nSPS) is 19.4. The summed E-state index contributed by atoms with van der Waals surface area (Å²) in [6.45, 7) is 0. The maximum Gasteiger partial charge on any atom is 0.0618 e. The van der Waals surface area contributed by atoms with Gasteiger partial charge in [0, 0.05) is 6.20 Å². The highest BCUT2D eigenvalue weighted by molar-refractivity contribution is 5.58. The van der Waals surface area contributed by atoms with E-state index in [0.717, 1.165) is 12.8 Å². The topological polar surface area (TPSA) is 12.4 Å². The summed E-state index contributed by atoms with van der Waals surface area (Å²) in [5, 5.41) is 0. The Balaban J connectivity index is 2.39. The minimum atomic E-state index is 1.02. The lowest BCUT2D eigenvalue weighted by Gasteiger charge is -1.79. The molecule has 0 unspecified atom stereocenters. The summed E-state index contributed by atoms with van der Waals surface area (Å²) >= 11 is 0. The summed E-state index contributed by atoms with van der Waals surface area (Å²) in [7, 11) is 0. The molecule has 0 saturated heterocycles. The van der Waals surface area contributed by atoms with Gasteiger partial charge in [-0.25, -0.2) is 0 Å². The van der Waals surface area contributed by atoms with E-state index < -0.39 is 0 Å². The van der Waals surface area contributed by atoms with Crippen molar-refractivity contribution in [3.8, 4) is 0 Å². The van der Waals surface area contributed by atoms with Gasteiger partial charge in [0.1, 0.15) is 0 Å². The standard InChI is InChI=1S/C6H8N/c1-2-4-6-7-5-3-1/h3,5H,1-2,4H2. The molecule has 1 aliphatic heterocycles. The zero-order chi connectivity index (χ0) is 4.95. The van der Waals surface area contributed by atoms with Crippen molar-refractivity contribution in [3.63, 3.8) is 0 Å². The van der Waals surface area contributed by atoms with Gasteiger partial charge < -0.3 is 0 Å². The highest BCUT2D eigenvalue weighted by Gasteiger charge is 1.83. The van der Waals surface area contributed by atoms with Crippen molar-refractivity contribution in [2.45, 2.75) is 19.3 Å². The van der Waals surface area contributed by atoms with E-state index in [1.807, 2.05) is 6.20 Å². The van der Waals surface area contributed by atoms with Gasteiger partial charge in [0.2, 0.25) is 0 Å². The van der Waals surface area contributed by atoms with E-state index in [-0.39, 0.29) is 0 Å². The number of rotatable bonds is 0. The first-order valence-electron chi connectivity index (χ1n) is 2.58. The molecule has 0 aliphatic carbocycles. The zero-order valence-electron chi connectivity index (χ0n) is 4.22. The van der Waals surface area contributed by atoms with Crippen LogP contribution < -0.4 is 0 Å². The second-order valence-electron chi connectivity index (χ2n) is 1.56. The number of allylic oxidation sites excluding steroid dienone is 1. The molecule has 1 heterocycles. The van der Waals surface area contributed by atoms with Crippen LogP contribution in [-0.2, 0) is 0 Å². The van der Waals surface area contributed by atoms with E-state index in [2.05, 4.69) is 17.3 Å². The smallest absolute Gasteiger partial charge is 0.0618 e. The van der Waals surface area contributed by atoms with E-state index in [9.17, 15) is 0 Å². The van der Waals surface area contributed by atoms with Gasteiger partial charge in [0.25, 0.3) is 0 Å². The maximum atomic E-state index is 3.84. The van der Waals surface area contributed by atoms with Gasteiger partial charge in [-0.05, 0) is 19.3 Å². The van der Waals surface area contributed by atoms with Gasteiger partial charge in [-0.2, -0.15) is 0 Å². The third-order valence-electron chi connectivity index (χ3n) is 0.931. The molecular weight excluding hydrogens is 86.1 g/mol. The van der Waals surface area contributed by atoms with E-state index in [1.165, 1.54) is 6.42 Å². The highest BCUT2D eigenvalue weighted by atomic mass is 14.7. The Morgan fingerprint density at radius 2 is 2.57 bits per heavy atom. The van der Waals surface area contributed by atoms with Crippen molar-refractivity contribution in [2.24, 2.45) is 4.99 Å². The largest absolute Gasteiger partial charge is 0.260 e. The molecule has 0 atom stereocenters. The first-order valence-corrected chi connectivity index (χ1v) is 2.58. The van der Waals surface area contributed by atoms with Gasteiger partial charge in [-0.3, -0.25) is 4.99 Å². The minimum Gasteiger partial charge on any atom is -0.260 e. The molecule has 0 fully saturated rings. The molecule has 0 saturated carbocycles. The summed E-state index contributed by atoms with van der Waals surface area (Å²) < 4.78 is 0. The van der Waals surface area contributed by atoms with Crippen LogP contribution in [-0.4, -0.2) is 6.21 Å². The minimum absolute atomic E-state index is 1.02. The number of hydrogen-bond acceptors (Lipinski definition) is 1. The number of aliphatic imine (C=N–C) groups is 1. The summed E-state index contributed by atoms with van der Waals surface area (Å²) in [5.74, 6) is 0. The molecule has 1 rings (SSSR count). The molecule has 0 amide bonds. The third-order valence-corrected chi connectivity index (χ3v) is 0.931. The van der Waals surface area contributed by atoms with Crippen LogP contribution >= 0.6 is 0 Å². The van der Waals surface area contributed by atoms with Crippen LogP contribution in [0.1, 0.15) is 19.3 Å². The van der Waals surface area contributed by atoms with Crippen LogP contribution in [0.15, 0.2) is 17.3 Å². The molecule has 7 heavy (non-hydrogen) atoms. The molecule has 1 radical (unpaired) electrons. The first-order chi connectivity index (χ1) is 3.50. The molecule has 0 aromatic rings. The van der Waals surface area contributed by atoms with E-state index >= 15 is 0 Å². The zero-order valence-corrected chi connectivity index (χ0v) is 4.22. The van der Waals surface area contributed by atoms with Crippen LogP contribution in [0.4, 0.5) is 0 Å². The average molecular weight is 94.1 g/mol. The van der Waals surface area contributed by atoms with E-state index in [0.29, 0.717) is 0 Å². The van der Waals surface area contributed by atoms with E-state index in [4.69, 9.17) is 0 Å². The lowest BCUT2D eigenvalue weighted by Crippen LogP contribution is -1.69. The summed E-state index contributed by atoms with van der Waals surface area (Å²) in [6, 6.07) is 0. The molecule has 0 spiro atoms. The monoisotopic (exact) mass is 94.1 g/mol. The Labute approximate surface area is 43.8 Å². The molecule has 0 aromatic carbocycles. The highest BCUT2D eigenvalue weighted by Crippen LogP contribution is 1.97. The molecule has 0 bridgehead atoms. The molecular formula is C6H8N. The summed E-state index contributed by atoms with van der Waals surface area (Å²) in [6.07, 6.45) is 10.2. The summed E-state index contributed by atoms with van der Waals surface area (Å²) in [4.78, 5) is 3.84. The molecule has 1 nitrogen and oxygen atoms in total. The van der Waals surface area contributed by atoms with Crippen LogP contribution in [0.3, 0.4) is 0 Å². The fourth-order valence-corrected chi connectivity index (χ4v) is 0.543. The fourth-order valence-electron chi connectivity index (χ4n) is 0.543. The van der Waals surface area contributed by atoms with Crippen molar-refractivity contribution in [2.75, 3.05) is 0 Å². The fraction of sp³-hybridized carbons (Fsp3) is 0.500. The molecule has 1 heteroatoms. The van der Waals surface area contributed by atoms with Gasteiger partial charge in [0.05, 0.1) is 6.21 Å². The number of nitrogens with zero attached hydrogens (tertiary/aromatic N) is 1.